The van der Waals surface area contributed by atoms with Gasteiger partial charge >= 0.3 is 0 Å². The molecule has 2 heterocycles. The number of benzene rings is 1. The molecule has 0 aliphatic rings. The molecule has 0 aliphatic heterocycles. The molecule has 0 fully saturated rings. The van der Waals surface area contributed by atoms with Crippen LogP contribution in [0.4, 0.5) is 0 Å². The summed E-state index contributed by atoms with van der Waals surface area (Å²) in [6.07, 6.45) is 3.44. The number of fused-ring (bicyclic) bond motifs is 1. The Balaban J connectivity index is 2.21. The minimum absolute atomic E-state index is 0.889. The molecule has 2 aromatic heterocycles. The van der Waals surface area contributed by atoms with Crippen LogP contribution in [0.5, 0.6) is 0 Å². The Labute approximate surface area is 112 Å². The maximum atomic E-state index is 4.57. The van der Waals surface area contributed by atoms with Gasteiger partial charge in [-0.25, -0.2) is 0 Å². The van der Waals surface area contributed by atoms with E-state index in [-0.39, 0.29) is 0 Å². The summed E-state index contributed by atoms with van der Waals surface area (Å²) < 4.78 is 2.03. The van der Waals surface area contributed by atoms with Gasteiger partial charge in [0.25, 0.3) is 0 Å². The third-order valence-electron chi connectivity index (χ3n) is 3.44. The van der Waals surface area contributed by atoms with Gasteiger partial charge in [0, 0.05) is 30.2 Å². The van der Waals surface area contributed by atoms with Gasteiger partial charge in [-0.1, -0.05) is 6.07 Å². The van der Waals surface area contributed by atoms with Gasteiger partial charge in [0.05, 0.1) is 16.7 Å². The fourth-order valence-corrected chi connectivity index (χ4v) is 2.54. The van der Waals surface area contributed by atoms with E-state index in [0.29, 0.717) is 0 Å². The van der Waals surface area contributed by atoms with Gasteiger partial charge in [-0.05, 0) is 38.5 Å². The quantitative estimate of drug-likeness (QED) is 0.703. The molecule has 0 aliphatic carbocycles. The Hall–Kier alpha value is -2.23. The second-order valence-corrected chi connectivity index (χ2v) is 4.62. The van der Waals surface area contributed by atoms with E-state index in [1.165, 1.54) is 11.3 Å². The Morgan fingerprint density at radius 1 is 1.05 bits per heavy atom. The number of aromatic nitrogens is 4. The molecule has 0 atom stereocenters. The van der Waals surface area contributed by atoms with Crippen LogP contribution in [0, 0.1) is 13.8 Å². The first-order valence-electron chi connectivity index (χ1n) is 6.46. The molecule has 1 aromatic carbocycles. The molecule has 4 heteroatoms. The van der Waals surface area contributed by atoms with Crippen LogP contribution in [0.1, 0.15) is 18.3 Å². The standard InChI is InChI=1S/C15H16N4/c1-4-19-11(3)15(10(2)18-19)12-5-6-13-14(9-12)17-8-7-16-13/h5-9H,4H2,1-3H3. The Morgan fingerprint density at radius 3 is 2.47 bits per heavy atom. The molecule has 0 radical (unpaired) electrons. The molecule has 0 bridgehead atoms. The van der Waals surface area contributed by atoms with E-state index in [9.17, 15) is 0 Å². The highest BCUT2D eigenvalue weighted by atomic mass is 15.3. The fraction of sp³-hybridized carbons (Fsp3) is 0.267. The zero-order valence-electron chi connectivity index (χ0n) is 11.4. The van der Waals surface area contributed by atoms with Crippen molar-refractivity contribution in [3.8, 4) is 11.1 Å². The molecule has 3 aromatic rings. The Morgan fingerprint density at radius 2 is 1.79 bits per heavy atom. The van der Waals surface area contributed by atoms with Gasteiger partial charge in [-0.3, -0.25) is 14.6 Å². The maximum absolute atomic E-state index is 4.57. The topological polar surface area (TPSA) is 43.6 Å². The van der Waals surface area contributed by atoms with Crippen molar-refractivity contribution in [3.05, 3.63) is 42.0 Å². The van der Waals surface area contributed by atoms with Crippen molar-refractivity contribution in [1.82, 2.24) is 19.7 Å². The third kappa shape index (κ3) is 1.89. The van der Waals surface area contributed by atoms with Crippen molar-refractivity contribution in [3.63, 3.8) is 0 Å². The zero-order chi connectivity index (χ0) is 13.4. The number of hydrogen-bond donors (Lipinski definition) is 0. The summed E-state index contributed by atoms with van der Waals surface area (Å²) in [7, 11) is 0. The van der Waals surface area contributed by atoms with Crippen LogP contribution >= 0.6 is 0 Å². The molecule has 0 unspecified atom stereocenters. The summed E-state index contributed by atoms with van der Waals surface area (Å²) in [6, 6.07) is 6.19. The minimum Gasteiger partial charge on any atom is -0.269 e. The lowest BCUT2D eigenvalue weighted by Crippen LogP contribution is -1.98. The molecule has 3 rings (SSSR count). The second kappa shape index (κ2) is 4.46. The van der Waals surface area contributed by atoms with Gasteiger partial charge in [0.2, 0.25) is 0 Å². The lowest BCUT2D eigenvalue weighted by atomic mass is 10.0. The number of rotatable bonds is 2. The summed E-state index contributed by atoms with van der Waals surface area (Å²) in [5, 5.41) is 4.57. The second-order valence-electron chi connectivity index (χ2n) is 4.62. The SMILES string of the molecule is CCn1nc(C)c(-c2ccc3nccnc3c2)c1C. The average molecular weight is 252 g/mol. The molecule has 0 spiro atoms. The normalized spacial score (nSPS) is 11.1. The van der Waals surface area contributed by atoms with Gasteiger partial charge in [-0.15, -0.1) is 0 Å². The van der Waals surface area contributed by atoms with Gasteiger partial charge in [0.1, 0.15) is 0 Å². The first-order valence-corrected chi connectivity index (χ1v) is 6.46. The maximum Gasteiger partial charge on any atom is 0.0892 e. The third-order valence-corrected chi connectivity index (χ3v) is 3.44. The first-order chi connectivity index (χ1) is 9.20. The lowest BCUT2D eigenvalue weighted by Gasteiger charge is -2.04. The van der Waals surface area contributed by atoms with Gasteiger partial charge in [0.15, 0.2) is 0 Å². The van der Waals surface area contributed by atoms with Crippen molar-refractivity contribution in [2.24, 2.45) is 0 Å². The fourth-order valence-electron chi connectivity index (χ4n) is 2.54. The highest BCUT2D eigenvalue weighted by molar-refractivity contribution is 5.82. The van der Waals surface area contributed by atoms with Gasteiger partial charge < -0.3 is 0 Å². The molecular weight excluding hydrogens is 236 g/mol. The summed E-state index contributed by atoms with van der Waals surface area (Å²) >= 11 is 0. The van der Waals surface area contributed by atoms with Crippen molar-refractivity contribution in [1.29, 1.82) is 0 Å². The van der Waals surface area contributed by atoms with Crippen LogP contribution in [0.3, 0.4) is 0 Å². The van der Waals surface area contributed by atoms with Crippen LogP contribution in [0.25, 0.3) is 22.2 Å². The highest BCUT2D eigenvalue weighted by Gasteiger charge is 2.13. The molecule has 96 valence electrons. The predicted molar refractivity (Wildman–Crippen MR) is 75.9 cm³/mol. The van der Waals surface area contributed by atoms with Crippen molar-refractivity contribution in [2.45, 2.75) is 27.3 Å². The van der Waals surface area contributed by atoms with Crippen LogP contribution in [-0.4, -0.2) is 19.7 Å². The number of aryl methyl sites for hydroxylation is 2. The molecule has 4 nitrogen and oxygen atoms in total. The van der Waals surface area contributed by atoms with E-state index in [0.717, 1.165) is 28.8 Å². The van der Waals surface area contributed by atoms with Crippen molar-refractivity contribution < 1.29 is 0 Å². The lowest BCUT2D eigenvalue weighted by molar-refractivity contribution is 0.634. The van der Waals surface area contributed by atoms with E-state index in [4.69, 9.17) is 0 Å². The van der Waals surface area contributed by atoms with Crippen LogP contribution in [0.15, 0.2) is 30.6 Å². The highest BCUT2D eigenvalue weighted by Crippen LogP contribution is 2.28. The number of nitrogens with zero attached hydrogens (tertiary/aromatic N) is 4. The smallest absolute Gasteiger partial charge is 0.0892 e. The van der Waals surface area contributed by atoms with E-state index in [2.05, 4.69) is 48.0 Å². The molecule has 0 amide bonds. The molecule has 19 heavy (non-hydrogen) atoms. The number of hydrogen-bond acceptors (Lipinski definition) is 3. The summed E-state index contributed by atoms with van der Waals surface area (Å²) in [5.41, 5.74) is 6.45. The van der Waals surface area contributed by atoms with E-state index in [1.54, 1.807) is 12.4 Å². The van der Waals surface area contributed by atoms with Crippen LogP contribution in [-0.2, 0) is 6.54 Å². The molecule has 0 saturated heterocycles. The van der Waals surface area contributed by atoms with E-state index < -0.39 is 0 Å². The first kappa shape index (κ1) is 11.8. The summed E-state index contributed by atoms with van der Waals surface area (Å²) in [4.78, 5) is 8.66. The monoisotopic (exact) mass is 252 g/mol. The van der Waals surface area contributed by atoms with E-state index >= 15 is 0 Å². The summed E-state index contributed by atoms with van der Waals surface area (Å²) in [5.74, 6) is 0. The van der Waals surface area contributed by atoms with Gasteiger partial charge in [-0.2, -0.15) is 5.10 Å². The Bertz CT molecular complexity index is 743. The van der Waals surface area contributed by atoms with Crippen molar-refractivity contribution in [2.75, 3.05) is 0 Å². The van der Waals surface area contributed by atoms with Crippen molar-refractivity contribution >= 4 is 11.0 Å². The zero-order valence-corrected chi connectivity index (χ0v) is 11.4. The molecule has 0 saturated carbocycles. The average Bonchev–Trinajstić information content (AvgIpc) is 2.73. The summed E-state index contributed by atoms with van der Waals surface area (Å²) in [6.45, 7) is 7.16. The molecular formula is C15H16N4. The molecule has 0 N–H and O–H groups in total. The largest absolute Gasteiger partial charge is 0.269 e. The van der Waals surface area contributed by atoms with Crippen LogP contribution in [0.2, 0.25) is 0 Å². The van der Waals surface area contributed by atoms with Crippen LogP contribution < -0.4 is 0 Å². The predicted octanol–water partition coefficient (Wildman–Crippen LogP) is 3.13. The minimum atomic E-state index is 0.889. The van der Waals surface area contributed by atoms with E-state index in [1.807, 2.05) is 10.7 Å². The Kier molecular flexibility index (Phi) is 2.78.